The summed E-state index contributed by atoms with van der Waals surface area (Å²) >= 11 is 6.88. The fraction of sp³-hybridized carbons (Fsp3) is 0.125. The van der Waals surface area contributed by atoms with Gasteiger partial charge in [-0.05, 0) is 78.6 Å². The SMILES string of the molecule is COc1ccc(CC/C(=C/c2ccc(Br)cc2)C(=O)c2ccc(Br)cc2)cc1. The molecule has 0 unspecified atom stereocenters. The molecule has 0 amide bonds. The van der Waals surface area contributed by atoms with Crippen molar-refractivity contribution >= 4 is 43.7 Å². The van der Waals surface area contributed by atoms with Crippen LogP contribution in [0.1, 0.15) is 27.9 Å². The van der Waals surface area contributed by atoms with Crippen LogP contribution in [0.2, 0.25) is 0 Å². The number of benzene rings is 3. The average molecular weight is 500 g/mol. The number of halogens is 2. The van der Waals surface area contributed by atoms with Gasteiger partial charge in [-0.15, -0.1) is 0 Å². The van der Waals surface area contributed by atoms with Crippen LogP contribution < -0.4 is 4.74 Å². The topological polar surface area (TPSA) is 26.3 Å². The van der Waals surface area contributed by atoms with Gasteiger partial charge >= 0.3 is 0 Å². The Morgan fingerprint density at radius 2 is 1.43 bits per heavy atom. The van der Waals surface area contributed by atoms with Crippen molar-refractivity contribution in [2.75, 3.05) is 7.11 Å². The maximum Gasteiger partial charge on any atom is 0.189 e. The lowest BCUT2D eigenvalue weighted by Crippen LogP contribution is -2.05. The Bertz CT molecular complexity index is 957. The number of hydrogen-bond acceptors (Lipinski definition) is 2. The molecule has 0 aliphatic rings. The zero-order valence-electron chi connectivity index (χ0n) is 15.5. The first-order valence-corrected chi connectivity index (χ1v) is 10.5. The molecule has 3 rings (SSSR count). The number of ether oxygens (including phenoxy) is 1. The van der Waals surface area contributed by atoms with Gasteiger partial charge in [0.1, 0.15) is 5.75 Å². The largest absolute Gasteiger partial charge is 0.497 e. The molecule has 0 heterocycles. The predicted octanol–water partition coefficient (Wildman–Crippen LogP) is 7.12. The van der Waals surface area contributed by atoms with Gasteiger partial charge in [-0.2, -0.15) is 0 Å². The van der Waals surface area contributed by atoms with Crippen LogP contribution >= 0.6 is 31.9 Å². The zero-order valence-corrected chi connectivity index (χ0v) is 18.7. The second kappa shape index (κ2) is 9.85. The molecule has 2 nitrogen and oxygen atoms in total. The molecule has 4 heteroatoms. The Morgan fingerprint density at radius 1 is 0.857 bits per heavy atom. The zero-order chi connectivity index (χ0) is 19.9. The van der Waals surface area contributed by atoms with E-state index in [0.717, 1.165) is 32.3 Å². The second-order valence-corrected chi connectivity index (χ2v) is 8.24. The lowest BCUT2D eigenvalue weighted by molar-refractivity contribution is 0.103. The maximum absolute atomic E-state index is 13.1. The van der Waals surface area contributed by atoms with E-state index in [1.165, 1.54) is 5.56 Å². The Hall–Kier alpha value is -2.17. The highest BCUT2D eigenvalue weighted by Crippen LogP contribution is 2.22. The third kappa shape index (κ3) is 5.66. The minimum atomic E-state index is 0.0592. The summed E-state index contributed by atoms with van der Waals surface area (Å²) < 4.78 is 7.19. The fourth-order valence-corrected chi connectivity index (χ4v) is 3.40. The minimum Gasteiger partial charge on any atom is -0.497 e. The van der Waals surface area contributed by atoms with Gasteiger partial charge in [0, 0.05) is 20.1 Å². The first-order chi connectivity index (χ1) is 13.5. The maximum atomic E-state index is 13.1. The summed E-state index contributed by atoms with van der Waals surface area (Å²) in [6, 6.07) is 23.5. The van der Waals surface area contributed by atoms with E-state index in [0.29, 0.717) is 12.0 Å². The summed E-state index contributed by atoms with van der Waals surface area (Å²) in [5.41, 5.74) is 3.67. The molecule has 0 radical (unpaired) electrons. The standard InChI is InChI=1S/C24H20Br2O2/c1-28-23-14-5-17(6-15-23)2-7-20(16-18-3-10-21(25)11-4-18)24(27)19-8-12-22(26)13-9-19/h3-6,8-16H,2,7H2,1H3/b20-16-. The summed E-state index contributed by atoms with van der Waals surface area (Å²) in [6.07, 6.45) is 3.44. The van der Waals surface area contributed by atoms with Gasteiger partial charge in [-0.25, -0.2) is 0 Å². The molecule has 0 bridgehead atoms. The fourth-order valence-electron chi connectivity index (χ4n) is 2.87. The molecule has 0 aromatic heterocycles. The van der Waals surface area contributed by atoms with Crippen LogP contribution in [-0.4, -0.2) is 12.9 Å². The number of allylic oxidation sites excluding steroid dienone is 1. The predicted molar refractivity (Wildman–Crippen MR) is 122 cm³/mol. The Labute approximate surface area is 182 Å². The number of Topliss-reactive ketones (excluding diaryl/α,β-unsaturated/α-hetero) is 1. The van der Waals surface area contributed by atoms with E-state index >= 15 is 0 Å². The molecule has 0 aliphatic carbocycles. The van der Waals surface area contributed by atoms with Crippen LogP contribution in [0.4, 0.5) is 0 Å². The van der Waals surface area contributed by atoms with Crippen molar-refractivity contribution in [2.45, 2.75) is 12.8 Å². The molecule has 3 aromatic carbocycles. The third-order valence-corrected chi connectivity index (χ3v) is 5.51. The normalized spacial score (nSPS) is 11.3. The van der Waals surface area contributed by atoms with E-state index in [2.05, 4.69) is 31.9 Å². The van der Waals surface area contributed by atoms with Crippen LogP contribution in [-0.2, 0) is 6.42 Å². The lowest BCUT2D eigenvalue weighted by atomic mass is 9.95. The summed E-state index contributed by atoms with van der Waals surface area (Å²) in [6.45, 7) is 0. The van der Waals surface area contributed by atoms with Gasteiger partial charge in [-0.1, -0.05) is 56.1 Å². The highest BCUT2D eigenvalue weighted by Gasteiger charge is 2.13. The van der Waals surface area contributed by atoms with Crippen LogP contribution in [0.15, 0.2) is 87.3 Å². The molecule has 0 aliphatic heterocycles. The quantitative estimate of drug-likeness (QED) is 0.255. The molecule has 0 saturated carbocycles. The van der Waals surface area contributed by atoms with Gasteiger partial charge in [-0.3, -0.25) is 4.79 Å². The van der Waals surface area contributed by atoms with Crippen LogP contribution in [0, 0.1) is 0 Å². The summed E-state index contributed by atoms with van der Waals surface area (Å²) in [5, 5.41) is 0. The van der Waals surface area contributed by atoms with Crippen molar-refractivity contribution in [3.8, 4) is 5.75 Å². The number of ketones is 1. The van der Waals surface area contributed by atoms with Crippen LogP contribution in [0.5, 0.6) is 5.75 Å². The molecule has 0 spiro atoms. The average Bonchev–Trinajstić information content (AvgIpc) is 2.73. The van der Waals surface area contributed by atoms with Gasteiger partial charge in [0.15, 0.2) is 5.78 Å². The van der Waals surface area contributed by atoms with Crippen molar-refractivity contribution < 1.29 is 9.53 Å². The second-order valence-electron chi connectivity index (χ2n) is 6.41. The third-order valence-electron chi connectivity index (χ3n) is 4.45. The molecule has 0 fully saturated rings. The number of hydrogen-bond donors (Lipinski definition) is 0. The van der Waals surface area contributed by atoms with Crippen molar-refractivity contribution in [2.24, 2.45) is 0 Å². The van der Waals surface area contributed by atoms with Crippen molar-refractivity contribution in [1.29, 1.82) is 0 Å². The van der Waals surface area contributed by atoms with Crippen molar-refractivity contribution in [1.82, 2.24) is 0 Å². The van der Waals surface area contributed by atoms with Gasteiger partial charge < -0.3 is 4.74 Å². The summed E-state index contributed by atoms with van der Waals surface area (Å²) in [5.74, 6) is 0.893. The number of carbonyl (C=O) groups is 1. The molecule has 0 saturated heterocycles. The smallest absolute Gasteiger partial charge is 0.189 e. The van der Waals surface area contributed by atoms with Crippen molar-refractivity contribution in [3.05, 3.63) is 104 Å². The van der Waals surface area contributed by atoms with Crippen LogP contribution in [0.25, 0.3) is 6.08 Å². The van der Waals surface area contributed by atoms with E-state index in [1.807, 2.05) is 78.9 Å². The molecule has 3 aromatic rings. The highest BCUT2D eigenvalue weighted by molar-refractivity contribution is 9.10. The molecule has 28 heavy (non-hydrogen) atoms. The Kier molecular flexibility index (Phi) is 7.24. The molecular weight excluding hydrogens is 480 g/mol. The Morgan fingerprint density at radius 3 is 2.00 bits per heavy atom. The molecular formula is C24H20Br2O2. The first-order valence-electron chi connectivity index (χ1n) is 8.94. The number of aryl methyl sites for hydroxylation is 1. The lowest BCUT2D eigenvalue weighted by Gasteiger charge is -2.09. The van der Waals surface area contributed by atoms with Gasteiger partial charge in [0.2, 0.25) is 0 Å². The van der Waals surface area contributed by atoms with Crippen molar-refractivity contribution in [3.63, 3.8) is 0 Å². The number of carbonyl (C=O) groups excluding carboxylic acids is 1. The minimum absolute atomic E-state index is 0.0592. The van der Waals surface area contributed by atoms with E-state index in [-0.39, 0.29) is 5.78 Å². The molecule has 142 valence electrons. The van der Waals surface area contributed by atoms with E-state index in [9.17, 15) is 4.79 Å². The van der Waals surface area contributed by atoms with E-state index < -0.39 is 0 Å². The highest BCUT2D eigenvalue weighted by atomic mass is 79.9. The first kappa shape index (κ1) is 20.6. The van der Waals surface area contributed by atoms with Crippen LogP contribution in [0.3, 0.4) is 0 Å². The summed E-state index contributed by atoms with van der Waals surface area (Å²) in [4.78, 5) is 13.1. The van der Waals surface area contributed by atoms with E-state index in [4.69, 9.17) is 4.74 Å². The van der Waals surface area contributed by atoms with E-state index in [1.54, 1.807) is 7.11 Å². The molecule has 0 atom stereocenters. The Balaban J connectivity index is 1.85. The number of rotatable bonds is 7. The van der Waals surface area contributed by atoms with Gasteiger partial charge in [0.05, 0.1) is 7.11 Å². The summed E-state index contributed by atoms with van der Waals surface area (Å²) in [7, 11) is 1.66. The number of methoxy groups -OCH3 is 1. The molecule has 0 N–H and O–H groups in total. The monoisotopic (exact) mass is 498 g/mol. The van der Waals surface area contributed by atoms with Gasteiger partial charge in [0.25, 0.3) is 0 Å².